The van der Waals surface area contributed by atoms with Gasteiger partial charge in [0.1, 0.15) is 0 Å². The van der Waals surface area contributed by atoms with Crippen LogP contribution in [0.4, 0.5) is 0 Å². The molecule has 0 aliphatic rings. The van der Waals surface area contributed by atoms with E-state index in [0.29, 0.717) is 5.92 Å². The number of hydrogen-bond acceptors (Lipinski definition) is 1. The normalized spacial score (nSPS) is 14.7. The maximum absolute atomic E-state index is 4.47. The van der Waals surface area contributed by atoms with E-state index in [2.05, 4.69) is 55.0 Å². The van der Waals surface area contributed by atoms with Crippen LogP contribution in [0.5, 0.6) is 0 Å². The molecule has 1 N–H and O–H groups in total. The van der Waals surface area contributed by atoms with Crippen molar-refractivity contribution in [3.63, 3.8) is 0 Å². The van der Waals surface area contributed by atoms with Gasteiger partial charge < -0.3 is 4.98 Å². The molecule has 0 saturated carbocycles. The third-order valence-electron chi connectivity index (χ3n) is 3.46. The molecular weight excluding hydrogens is 220 g/mol. The Morgan fingerprint density at radius 2 is 2.00 bits per heavy atom. The average Bonchev–Trinajstić information content (AvgIpc) is 2.91. The smallest absolute Gasteiger partial charge is 0.0923 e. The lowest BCUT2D eigenvalue weighted by Crippen LogP contribution is -2.25. The fourth-order valence-electron chi connectivity index (χ4n) is 2.23. The number of aromatic nitrogens is 2. The predicted octanol–water partition coefficient (Wildman–Crippen LogP) is 3.97. The summed E-state index contributed by atoms with van der Waals surface area (Å²) in [5.41, 5.74) is 2.01. The Balaban J connectivity index is 2.34. The quantitative estimate of drug-likeness (QED) is 0.843. The molecule has 18 heavy (non-hydrogen) atoms. The summed E-state index contributed by atoms with van der Waals surface area (Å²) in [6, 6.07) is 10.5. The maximum atomic E-state index is 4.47. The van der Waals surface area contributed by atoms with Gasteiger partial charge in [-0.3, -0.25) is 0 Å². The van der Waals surface area contributed by atoms with Gasteiger partial charge in [-0.1, -0.05) is 44.2 Å². The number of nitrogens with zero attached hydrogens (tertiary/aromatic N) is 1. The van der Waals surface area contributed by atoms with E-state index < -0.39 is 0 Å². The fraction of sp³-hybridized carbons (Fsp3) is 0.375. The number of aromatic amines is 1. The number of H-pyrrole nitrogens is 1. The van der Waals surface area contributed by atoms with Crippen LogP contribution in [0.15, 0.2) is 42.9 Å². The number of nitrogens with one attached hydrogen (secondary N) is 1. The Labute approximate surface area is 109 Å². The Kier molecular flexibility index (Phi) is 3.85. The van der Waals surface area contributed by atoms with Crippen LogP contribution in [0.1, 0.15) is 37.9 Å². The van der Waals surface area contributed by atoms with Crippen LogP contribution >= 0.6 is 0 Å². The molecule has 1 atom stereocenters. The molecule has 0 amide bonds. The Bertz CT molecular complexity index is 459. The highest BCUT2D eigenvalue weighted by molar-refractivity contribution is 5.36. The molecule has 0 spiro atoms. The first-order chi connectivity index (χ1) is 8.63. The van der Waals surface area contributed by atoms with E-state index in [1.807, 2.05) is 12.3 Å². The molecule has 0 aliphatic carbocycles. The zero-order valence-electron chi connectivity index (χ0n) is 11.2. The van der Waals surface area contributed by atoms with Crippen molar-refractivity contribution in [3.05, 3.63) is 61.0 Å². The van der Waals surface area contributed by atoms with Crippen molar-refractivity contribution < 1.29 is 0 Å². The Morgan fingerprint density at radius 1 is 1.28 bits per heavy atom. The summed E-state index contributed by atoms with van der Waals surface area (Å²) < 4.78 is 0. The maximum Gasteiger partial charge on any atom is 0.0923 e. The first kappa shape index (κ1) is 12.9. The highest BCUT2D eigenvalue weighted by Gasteiger charge is 2.30. The van der Waals surface area contributed by atoms with Gasteiger partial charge in [0, 0.05) is 11.6 Å². The van der Waals surface area contributed by atoms with E-state index in [4.69, 9.17) is 0 Å². The van der Waals surface area contributed by atoms with Gasteiger partial charge in [0.2, 0.25) is 0 Å². The van der Waals surface area contributed by atoms with Crippen molar-refractivity contribution in [2.45, 2.75) is 32.1 Å². The van der Waals surface area contributed by atoms with Crippen LogP contribution in [0.2, 0.25) is 0 Å². The molecule has 0 saturated heterocycles. The fourth-order valence-corrected chi connectivity index (χ4v) is 2.23. The predicted molar refractivity (Wildman–Crippen MR) is 75.2 cm³/mol. The third-order valence-corrected chi connectivity index (χ3v) is 3.46. The van der Waals surface area contributed by atoms with Crippen LogP contribution in [-0.4, -0.2) is 9.97 Å². The zero-order valence-corrected chi connectivity index (χ0v) is 11.2. The lowest BCUT2D eigenvalue weighted by atomic mass is 9.75. The minimum Gasteiger partial charge on any atom is -0.351 e. The second-order valence-corrected chi connectivity index (χ2v) is 5.34. The highest BCUT2D eigenvalue weighted by atomic mass is 14.9. The van der Waals surface area contributed by atoms with Crippen LogP contribution in [-0.2, 0) is 5.41 Å². The summed E-state index contributed by atoms with van der Waals surface area (Å²) in [7, 11) is 0. The second kappa shape index (κ2) is 5.38. The molecule has 0 fully saturated rings. The SMILES string of the molecule is [CH2]C(CCC(C)C)(c1ccccc1)c1c[nH]cn1. The monoisotopic (exact) mass is 241 g/mol. The lowest BCUT2D eigenvalue weighted by molar-refractivity contribution is 0.464. The van der Waals surface area contributed by atoms with Crippen LogP contribution in [0, 0.1) is 12.8 Å². The molecule has 1 unspecified atom stereocenters. The molecule has 2 rings (SSSR count). The first-order valence-corrected chi connectivity index (χ1v) is 6.53. The minimum absolute atomic E-state index is 0.245. The van der Waals surface area contributed by atoms with E-state index in [1.165, 1.54) is 5.56 Å². The standard InChI is InChI=1S/C16H21N2/c1-13(2)9-10-16(3,15-11-17-12-18-15)14-7-5-4-6-8-14/h4-8,11-13H,3,9-10H2,1-2H3,(H,17,18). The molecule has 2 heteroatoms. The molecule has 1 heterocycles. The molecule has 1 radical (unpaired) electrons. The number of imidazole rings is 1. The van der Waals surface area contributed by atoms with Crippen molar-refractivity contribution in [1.82, 2.24) is 9.97 Å². The molecule has 0 aliphatic heterocycles. The molecule has 0 bridgehead atoms. The number of benzene rings is 1. The van der Waals surface area contributed by atoms with Gasteiger partial charge in [-0.25, -0.2) is 4.98 Å². The molecular formula is C16H21N2. The Hall–Kier alpha value is -1.57. The Morgan fingerprint density at radius 3 is 2.56 bits per heavy atom. The lowest BCUT2D eigenvalue weighted by Gasteiger charge is -2.29. The topological polar surface area (TPSA) is 28.7 Å². The van der Waals surface area contributed by atoms with Crippen LogP contribution in [0.25, 0.3) is 0 Å². The number of rotatable bonds is 5. The van der Waals surface area contributed by atoms with E-state index in [0.717, 1.165) is 18.5 Å². The zero-order chi connectivity index (χ0) is 13.0. The van der Waals surface area contributed by atoms with E-state index >= 15 is 0 Å². The number of hydrogen-bond donors (Lipinski definition) is 1. The van der Waals surface area contributed by atoms with Gasteiger partial charge in [-0.05, 0) is 31.2 Å². The van der Waals surface area contributed by atoms with E-state index in [9.17, 15) is 0 Å². The summed E-state index contributed by atoms with van der Waals surface area (Å²) in [5.74, 6) is 0.675. The summed E-state index contributed by atoms with van der Waals surface area (Å²) in [5, 5.41) is 0. The van der Waals surface area contributed by atoms with Gasteiger partial charge in [0.15, 0.2) is 0 Å². The molecule has 2 nitrogen and oxygen atoms in total. The van der Waals surface area contributed by atoms with Crippen molar-refractivity contribution in [2.24, 2.45) is 5.92 Å². The average molecular weight is 241 g/mol. The van der Waals surface area contributed by atoms with Gasteiger partial charge in [0.05, 0.1) is 12.0 Å². The van der Waals surface area contributed by atoms with Gasteiger partial charge in [-0.15, -0.1) is 0 Å². The van der Waals surface area contributed by atoms with Crippen LogP contribution < -0.4 is 0 Å². The van der Waals surface area contributed by atoms with Crippen molar-refractivity contribution in [2.75, 3.05) is 0 Å². The largest absolute Gasteiger partial charge is 0.351 e. The van der Waals surface area contributed by atoms with E-state index in [-0.39, 0.29) is 5.41 Å². The summed E-state index contributed by atoms with van der Waals surface area (Å²) >= 11 is 0. The highest BCUT2D eigenvalue weighted by Crippen LogP contribution is 2.35. The first-order valence-electron chi connectivity index (χ1n) is 6.53. The summed E-state index contributed by atoms with van der Waals surface area (Å²) in [6.07, 6.45) is 5.85. The third kappa shape index (κ3) is 2.63. The van der Waals surface area contributed by atoms with Crippen molar-refractivity contribution >= 4 is 0 Å². The van der Waals surface area contributed by atoms with Gasteiger partial charge in [-0.2, -0.15) is 0 Å². The molecule has 1 aromatic carbocycles. The van der Waals surface area contributed by atoms with Crippen molar-refractivity contribution in [1.29, 1.82) is 0 Å². The molecule has 95 valence electrons. The van der Waals surface area contributed by atoms with Gasteiger partial charge >= 0.3 is 0 Å². The van der Waals surface area contributed by atoms with Gasteiger partial charge in [0.25, 0.3) is 0 Å². The van der Waals surface area contributed by atoms with Crippen LogP contribution in [0.3, 0.4) is 0 Å². The second-order valence-electron chi connectivity index (χ2n) is 5.34. The molecule has 1 aromatic heterocycles. The van der Waals surface area contributed by atoms with Crippen molar-refractivity contribution in [3.8, 4) is 0 Å². The molecule has 2 aromatic rings. The summed E-state index contributed by atoms with van der Waals surface area (Å²) in [4.78, 5) is 7.47. The summed E-state index contributed by atoms with van der Waals surface area (Å²) in [6.45, 7) is 8.96. The van der Waals surface area contributed by atoms with E-state index in [1.54, 1.807) is 6.33 Å². The minimum atomic E-state index is -0.245.